The molecule has 7 heteroatoms. The largest absolute Gasteiger partial charge is 0.631 e. The zero-order chi connectivity index (χ0) is 14.2. The number of hydrogen-bond donors (Lipinski definition) is 6. The first-order chi connectivity index (χ1) is 9.23. The Morgan fingerprint density at radius 3 is 0.684 bits per heavy atom. The molecule has 3 heterocycles. The lowest BCUT2D eigenvalue weighted by Gasteiger charge is -1.69. The summed E-state index contributed by atoms with van der Waals surface area (Å²) in [7, 11) is -2.17. The predicted molar refractivity (Wildman–Crippen MR) is 74.8 cm³/mol. The molecule has 0 saturated carbocycles. The van der Waals surface area contributed by atoms with Gasteiger partial charge in [-0.25, -0.2) is 0 Å². The van der Waals surface area contributed by atoms with E-state index in [-0.39, 0.29) is 0 Å². The highest BCUT2D eigenvalue weighted by Crippen LogP contribution is 1.73. The van der Waals surface area contributed by atoms with Crippen molar-refractivity contribution in [2.24, 2.45) is 0 Å². The molecule has 3 aromatic heterocycles. The second kappa shape index (κ2) is 13.8. The first kappa shape index (κ1) is 16.8. The standard InChI is InChI=1S/3C4H5N.BH3O3/c3*1-2-4-5-3-1;2-1(3)4/h3*1-5H;2-4H. The SMILES string of the molecule is OB(O)O.c1cc[nH]c1.c1cc[nH]c1.c1cc[nH]c1. The van der Waals surface area contributed by atoms with Crippen LogP contribution in [0.1, 0.15) is 0 Å². The van der Waals surface area contributed by atoms with Crippen LogP contribution >= 0.6 is 0 Å². The molecule has 0 amide bonds. The van der Waals surface area contributed by atoms with Gasteiger partial charge < -0.3 is 30.0 Å². The molecule has 0 spiro atoms. The van der Waals surface area contributed by atoms with Crippen LogP contribution in [0.5, 0.6) is 0 Å². The van der Waals surface area contributed by atoms with Gasteiger partial charge in [0.25, 0.3) is 0 Å². The van der Waals surface area contributed by atoms with Gasteiger partial charge in [-0.2, -0.15) is 0 Å². The molecule has 0 bridgehead atoms. The highest BCUT2D eigenvalue weighted by molar-refractivity contribution is 6.30. The summed E-state index contributed by atoms with van der Waals surface area (Å²) >= 11 is 0. The van der Waals surface area contributed by atoms with Gasteiger partial charge in [-0.1, -0.05) is 0 Å². The lowest BCUT2D eigenvalue weighted by molar-refractivity contribution is 0.278. The van der Waals surface area contributed by atoms with Gasteiger partial charge in [0.05, 0.1) is 0 Å². The summed E-state index contributed by atoms with van der Waals surface area (Å²) in [6.45, 7) is 0. The Bertz CT molecular complexity index is 296. The number of aromatic nitrogens is 3. The number of hydrogen-bond acceptors (Lipinski definition) is 3. The van der Waals surface area contributed by atoms with E-state index in [1.54, 1.807) is 0 Å². The minimum atomic E-state index is -2.17. The van der Waals surface area contributed by atoms with E-state index in [1.807, 2.05) is 73.6 Å². The molecule has 0 saturated heterocycles. The van der Waals surface area contributed by atoms with Crippen LogP contribution in [0.2, 0.25) is 0 Å². The summed E-state index contributed by atoms with van der Waals surface area (Å²) in [4.78, 5) is 8.58. The average Bonchev–Trinajstić information content (AvgIpc) is 3.18. The summed E-state index contributed by atoms with van der Waals surface area (Å²) < 4.78 is 0. The van der Waals surface area contributed by atoms with Crippen LogP contribution in [0, 0.1) is 0 Å². The maximum absolute atomic E-state index is 7.17. The molecule has 0 aliphatic rings. The smallest absolute Gasteiger partial charge is 0.402 e. The van der Waals surface area contributed by atoms with Crippen LogP contribution in [0.4, 0.5) is 0 Å². The summed E-state index contributed by atoms with van der Waals surface area (Å²) in [5.74, 6) is 0. The molecule has 0 unspecified atom stereocenters. The Balaban J connectivity index is 0.000000229. The zero-order valence-corrected chi connectivity index (χ0v) is 10.3. The van der Waals surface area contributed by atoms with Gasteiger partial charge in [-0.3, -0.25) is 0 Å². The second-order valence-electron chi connectivity index (χ2n) is 3.00. The minimum Gasteiger partial charge on any atom is -0.402 e. The summed E-state index contributed by atoms with van der Waals surface area (Å²) in [5, 5.41) is 21.5. The number of H-pyrrole nitrogens is 3. The van der Waals surface area contributed by atoms with Crippen molar-refractivity contribution >= 4 is 7.32 Å². The molecule has 6 N–H and O–H groups in total. The van der Waals surface area contributed by atoms with Gasteiger partial charge in [0.1, 0.15) is 0 Å². The molecule has 102 valence electrons. The molecule has 19 heavy (non-hydrogen) atoms. The molecular weight excluding hydrogens is 245 g/mol. The lowest BCUT2D eigenvalue weighted by atomic mass is 10.3. The number of nitrogens with one attached hydrogen (secondary N) is 3. The molecule has 0 fully saturated rings. The molecule has 0 atom stereocenters. The molecule has 0 radical (unpaired) electrons. The number of aromatic amines is 3. The van der Waals surface area contributed by atoms with Crippen LogP contribution < -0.4 is 0 Å². The summed E-state index contributed by atoms with van der Waals surface area (Å²) in [6.07, 6.45) is 11.2. The van der Waals surface area contributed by atoms with Gasteiger partial charge >= 0.3 is 7.32 Å². The molecule has 6 nitrogen and oxygen atoms in total. The van der Waals surface area contributed by atoms with Crippen LogP contribution in [0.15, 0.2) is 73.6 Å². The van der Waals surface area contributed by atoms with Crippen molar-refractivity contribution in [1.82, 2.24) is 15.0 Å². The fourth-order valence-electron chi connectivity index (χ4n) is 0.833. The van der Waals surface area contributed by atoms with E-state index in [0.29, 0.717) is 0 Å². The molecule has 3 rings (SSSR count). The van der Waals surface area contributed by atoms with Crippen LogP contribution in [0.3, 0.4) is 0 Å². The predicted octanol–water partition coefficient (Wildman–Crippen LogP) is 0.992. The van der Waals surface area contributed by atoms with E-state index < -0.39 is 7.32 Å². The Morgan fingerprint density at radius 2 is 0.632 bits per heavy atom. The van der Waals surface area contributed by atoms with Crippen molar-refractivity contribution in [2.45, 2.75) is 0 Å². The molecule has 0 aromatic carbocycles. The monoisotopic (exact) mass is 263 g/mol. The third-order valence-corrected chi connectivity index (χ3v) is 1.49. The Hall–Kier alpha value is -2.22. The third kappa shape index (κ3) is 18.4. The second-order valence-corrected chi connectivity index (χ2v) is 3.00. The van der Waals surface area contributed by atoms with Crippen molar-refractivity contribution in [2.75, 3.05) is 0 Å². The minimum absolute atomic E-state index is 1.88. The highest BCUT2D eigenvalue weighted by Gasteiger charge is 1.92. The number of rotatable bonds is 0. The van der Waals surface area contributed by atoms with Crippen molar-refractivity contribution in [3.63, 3.8) is 0 Å². The normalized spacial score (nSPS) is 7.74. The Kier molecular flexibility index (Phi) is 12.2. The van der Waals surface area contributed by atoms with E-state index in [9.17, 15) is 0 Å². The van der Waals surface area contributed by atoms with E-state index in [0.717, 1.165) is 0 Å². The molecule has 3 aromatic rings. The fourth-order valence-corrected chi connectivity index (χ4v) is 0.833. The van der Waals surface area contributed by atoms with Gasteiger partial charge in [0.2, 0.25) is 0 Å². The first-order valence-electron chi connectivity index (χ1n) is 5.51. The van der Waals surface area contributed by atoms with Gasteiger partial charge in [0, 0.05) is 37.2 Å². The molecule has 0 aliphatic carbocycles. The quantitative estimate of drug-likeness (QED) is 0.340. The van der Waals surface area contributed by atoms with Gasteiger partial charge in [-0.05, 0) is 36.4 Å². The van der Waals surface area contributed by atoms with E-state index in [4.69, 9.17) is 15.1 Å². The maximum atomic E-state index is 7.17. The van der Waals surface area contributed by atoms with E-state index >= 15 is 0 Å². The molecular formula is C12H18BN3O3. The summed E-state index contributed by atoms with van der Waals surface area (Å²) in [5.41, 5.74) is 0. The Labute approximate surface area is 112 Å². The van der Waals surface area contributed by atoms with Gasteiger partial charge in [-0.15, -0.1) is 0 Å². The molecule has 0 aliphatic heterocycles. The van der Waals surface area contributed by atoms with Crippen molar-refractivity contribution in [3.8, 4) is 0 Å². The van der Waals surface area contributed by atoms with Crippen LogP contribution in [-0.4, -0.2) is 37.3 Å². The van der Waals surface area contributed by atoms with Crippen LogP contribution in [0.25, 0.3) is 0 Å². The van der Waals surface area contributed by atoms with Crippen molar-refractivity contribution in [3.05, 3.63) is 73.6 Å². The topological polar surface area (TPSA) is 108 Å². The first-order valence-corrected chi connectivity index (χ1v) is 5.51. The van der Waals surface area contributed by atoms with Crippen molar-refractivity contribution < 1.29 is 15.1 Å². The highest BCUT2D eigenvalue weighted by atomic mass is 16.5. The zero-order valence-electron chi connectivity index (χ0n) is 10.3. The van der Waals surface area contributed by atoms with E-state index in [1.165, 1.54) is 0 Å². The van der Waals surface area contributed by atoms with Gasteiger partial charge in [0.15, 0.2) is 0 Å². The van der Waals surface area contributed by atoms with Crippen LogP contribution in [-0.2, 0) is 0 Å². The average molecular weight is 263 g/mol. The lowest BCUT2D eigenvalue weighted by Crippen LogP contribution is -2.07. The Morgan fingerprint density at radius 1 is 0.474 bits per heavy atom. The van der Waals surface area contributed by atoms with E-state index in [2.05, 4.69) is 15.0 Å². The third-order valence-electron chi connectivity index (χ3n) is 1.49. The fraction of sp³-hybridized carbons (Fsp3) is 0. The maximum Gasteiger partial charge on any atom is 0.631 e. The van der Waals surface area contributed by atoms with Crippen molar-refractivity contribution in [1.29, 1.82) is 0 Å². The summed E-state index contributed by atoms with van der Waals surface area (Å²) in [6, 6.07) is 11.7.